The number of rotatable bonds is 4. The van der Waals surface area contributed by atoms with Crippen LogP contribution in [0.4, 0.5) is 11.4 Å². The van der Waals surface area contributed by atoms with Gasteiger partial charge in [0.1, 0.15) is 0 Å². The third-order valence-electron chi connectivity index (χ3n) is 4.59. The van der Waals surface area contributed by atoms with E-state index in [0.717, 1.165) is 22.7 Å². The second-order valence-corrected chi connectivity index (χ2v) is 7.33. The highest BCUT2D eigenvalue weighted by molar-refractivity contribution is 8.00. The number of amides is 1. The van der Waals surface area contributed by atoms with Gasteiger partial charge in [-0.2, -0.15) is 0 Å². The number of benzene rings is 3. The minimum absolute atomic E-state index is 0.0599. The second-order valence-electron chi connectivity index (χ2n) is 6.45. The number of fused-ring (bicyclic) bond motifs is 1. The zero-order valence-electron chi connectivity index (χ0n) is 14.6. The maximum Gasteiger partial charge on any atom is 0.258 e. The number of hydrogen-bond acceptors (Lipinski definition) is 3. The van der Waals surface area contributed by atoms with Crippen molar-refractivity contribution in [2.24, 2.45) is 0 Å². The lowest BCUT2D eigenvalue weighted by Gasteiger charge is -2.23. The molecule has 0 spiro atoms. The summed E-state index contributed by atoms with van der Waals surface area (Å²) >= 11 is 1.56. The van der Waals surface area contributed by atoms with Crippen LogP contribution >= 0.6 is 11.9 Å². The van der Waals surface area contributed by atoms with Gasteiger partial charge in [0.2, 0.25) is 0 Å². The van der Waals surface area contributed by atoms with Gasteiger partial charge in [0, 0.05) is 27.9 Å². The maximum absolute atomic E-state index is 13.0. The molecule has 26 heavy (non-hydrogen) atoms. The highest BCUT2D eigenvalue weighted by Gasteiger charge is 2.31. The van der Waals surface area contributed by atoms with Gasteiger partial charge in [-0.3, -0.25) is 4.79 Å². The SMILES string of the molecule is CC1Cc2ccccc2N1C(=O)c1ccc(NSc2ccccc2)cc1. The fraction of sp³-hybridized carbons (Fsp3) is 0.136. The van der Waals surface area contributed by atoms with Crippen LogP contribution in [0.5, 0.6) is 0 Å². The van der Waals surface area contributed by atoms with Crippen LogP contribution < -0.4 is 9.62 Å². The molecule has 4 rings (SSSR count). The first-order valence-electron chi connectivity index (χ1n) is 8.72. The van der Waals surface area contributed by atoms with Crippen molar-refractivity contribution in [2.45, 2.75) is 24.3 Å². The van der Waals surface area contributed by atoms with Crippen molar-refractivity contribution in [3.8, 4) is 0 Å². The van der Waals surface area contributed by atoms with E-state index in [0.29, 0.717) is 5.56 Å². The van der Waals surface area contributed by atoms with E-state index in [1.807, 2.05) is 65.6 Å². The number of para-hydroxylation sites is 1. The molecule has 1 aliphatic rings. The van der Waals surface area contributed by atoms with Crippen molar-refractivity contribution in [2.75, 3.05) is 9.62 Å². The number of nitrogens with one attached hydrogen (secondary N) is 1. The van der Waals surface area contributed by atoms with Crippen LogP contribution in [0.15, 0.2) is 83.8 Å². The van der Waals surface area contributed by atoms with E-state index < -0.39 is 0 Å². The zero-order valence-corrected chi connectivity index (χ0v) is 15.4. The molecule has 130 valence electrons. The Morgan fingerprint density at radius 2 is 1.65 bits per heavy atom. The van der Waals surface area contributed by atoms with Gasteiger partial charge in [0.05, 0.1) is 0 Å². The number of nitrogens with zero attached hydrogens (tertiary/aromatic N) is 1. The van der Waals surface area contributed by atoms with Crippen LogP contribution in [0.3, 0.4) is 0 Å². The largest absolute Gasteiger partial charge is 0.326 e. The first-order valence-corrected chi connectivity index (χ1v) is 9.53. The smallest absolute Gasteiger partial charge is 0.258 e. The normalized spacial score (nSPS) is 15.6. The van der Waals surface area contributed by atoms with E-state index in [2.05, 4.69) is 29.8 Å². The van der Waals surface area contributed by atoms with Gasteiger partial charge in [0.15, 0.2) is 0 Å². The summed E-state index contributed by atoms with van der Waals surface area (Å²) in [5.41, 5.74) is 3.96. The molecule has 4 heteroatoms. The molecule has 1 heterocycles. The summed E-state index contributed by atoms with van der Waals surface area (Å²) in [6.45, 7) is 2.10. The highest BCUT2D eigenvalue weighted by atomic mass is 32.2. The van der Waals surface area contributed by atoms with Crippen molar-refractivity contribution in [3.63, 3.8) is 0 Å². The topological polar surface area (TPSA) is 32.3 Å². The molecule has 1 atom stereocenters. The third-order valence-corrected chi connectivity index (χ3v) is 5.43. The van der Waals surface area contributed by atoms with Gasteiger partial charge < -0.3 is 9.62 Å². The molecule has 1 amide bonds. The average molecular weight is 360 g/mol. The Labute approximate surface area is 158 Å². The van der Waals surface area contributed by atoms with Crippen molar-refractivity contribution in [1.29, 1.82) is 0 Å². The Morgan fingerprint density at radius 3 is 2.42 bits per heavy atom. The lowest BCUT2D eigenvalue weighted by atomic mass is 10.1. The highest BCUT2D eigenvalue weighted by Crippen LogP contribution is 2.33. The predicted octanol–water partition coefficient (Wildman–Crippen LogP) is 5.40. The number of carbonyl (C=O) groups excluding carboxylic acids is 1. The number of hydrogen-bond donors (Lipinski definition) is 1. The summed E-state index contributed by atoms with van der Waals surface area (Å²) in [7, 11) is 0. The van der Waals surface area contributed by atoms with Crippen LogP contribution in [-0.4, -0.2) is 11.9 Å². The number of anilines is 2. The Hall–Kier alpha value is -2.72. The Balaban J connectivity index is 1.47. The first-order chi connectivity index (χ1) is 12.7. The molecule has 0 saturated carbocycles. The van der Waals surface area contributed by atoms with Crippen LogP contribution in [-0.2, 0) is 6.42 Å². The minimum Gasteiger partial charge on any atom is -0.326 e. The average Bonchev–Trinajstić information content (AvgIpc) is 3.03. The molecule has 0 radical (unpaired) electrons. The van der Waals surface area contributed by atoms with Crippen molar-refractivity contribution in [3.05, 3.63) is 90.0 Å². The Bertz CT molecular complexity index is 909. The molecule has 0 fully saturated rings. The molecule has 1 N–H and O–H groups in total. The van der Waals surface area contributed by atoms with E-state index in [4.69, 9.17) is 0 Å². The molecule has 3 aromatic rings. The summed E-state index contributed by atoms with van der Waals surface area (Å²) in [5, 5.41) is 0. The molecule has 1 unspecified atom stereocenters. The predicted molar refractivity (Wildman–Crippen MR) is 109 cm³/mol. The molecular weight excluding hydrogens is 340 g/mol. The molecule has 0 aromatic heterocycles. The summed E-state index contributed by atoms with van der Waals surface area (Å²) < 4.78 is 3.31. The van der Waals surface area contributed by atoms with Gasteiger partial charge in [-0.1, -0.05) is 36.4 Å². The molecule has 1 aliphatic heterocycles. The molecule has 0 aliphatic carbocycles. The lowest BCUT2D eigenvalue weighted by Crippen LogP contribution is -2.35. The standard InChI is InChI=1S/C22H20N2OS/c1-16-15-18-7-5-6-10-21(18)24(16)22(25)17-11-13-19(14-12-17)23-26-20-8-3-2-4-9-20/h2-14,16,23H,15H2,1H3. The zero-order chi connectivity index (χ0) is 17.9. The van der Waals surface area contributed by atoms with Crippen molar-refractivity contribution >= 4 is 29.2 Å². The summed E-state index contributed by atoms with van der Waals surface area (Å²) in [5.74, 6) is 0.0599. The van der Waals surface area contributed by atoms with E-state index in [1.165, 1.54) is 5.56 Å². The second kappa shape index (κ2) is 7.26. The monoisotopic (exact) mass is 360 g/mol. The van der Waals surface area contributed by atoms with Crippen LogP contribution in [0.25, 0.3) is 0 Å². The van der Waals surface area contributed by atoms with Gasteiger partial charge in [-0.05, 0) is 73.3 Å². The quantitative estimate of drug-likeness (QED) is 0.633. The molecule has 3 nitrogen and oxygen atoms in total. The molecule has 0 bridgehead atoms. The molecule has 0 saturated heterocycles. The third kappa shape index (κ3) is 3.33. The fourth-order valence-electron chi connectivity index (χ4n) is 3.30. The summed E-state index contributed by atoms with van der Waals surface area (Å²) in [6.07, 6.45) is 0.912. The van der Waals surface area contributed by atoms with Crippen molar-refractivity contribution < 1.29 is 4.79 Å². The van der Waals surface area contributed by atoms with E-state index in [9.17, 15) is 4.79 Å². The molecule has 3 aromatic carbocycles. The molecular formula is C22H20N2OS. The van der Waals surface area contributed by atoms with E-state index in [-0.39, 0.29) is 11.9 Å². The van der Waals surface area contributed by atoms with Gasteiger partial charge >= 0.3 is 0 Å². The van der Waals surface area contributed by atoms with Gasteiger partial charge in [0.25, 0.3) is 5.91 Å². The Kier molecular flexibility index (Phi) is 4.67. The number of carbonyl (C=O) groups is 1. The Morgan fingerprint density at radius 1 is 0.962 bits per heavy atom. The maximum atomic E-state index is 13.0. The van der Waals surface area contributed by atoms with E-state index >= 15 is 0 Å². The van der Waals surface area contributed by atoms with E-state index in [1.54, 1.807) is 11.9 Å². The summed E-state index contributed by atoms with van der Waals surface area (Å²) in [4.78, 5) is 16.1. The summed E-state index contributed by atoms with van der Waals surface area (Å²) in [6, 6.07) is 26.2. The van der Waals surface area contributed by atoms with Crippen LogP contribution in [0.2, 0.25) is 0 Å². The van der Waals surface area contributed by atoms with Crippen molar-refractivity contribution in [1.82, 2.24) is 0 Å². The lowest BCUT2D eigenvalue weighted by molar-refractivity contribution is 0.0981. The first kappa shape index (κ1) is 16.7. The van der Waals surface area contributed by atoms with Gasteiger partial charge in [-0.25, -0.2) is 0 Å². The van der Waals surface area contributed by atoms with Crippen LogP contribution in [0.1, 0.15) is 22.8 Å². The van der Waals surface area contributed by atoms with Crippen LogP contribution in [0, 0.1) is 0 Å². The minimum atomic E-state index is 0.0599. The fourth-order valence-corrected chi connectivity index (χ4v) is 3.97. The van der Waals surface area contributed by atoms with Gasteiger partial charge in [-0.15, -0.1) is 0 Å².